The molecule has 1 fully saturated rings. The summed E-state index contributed by atoms with van der Waals surface area (Å²) in [5.74, 6) is 0.644. The lowest BCUT2D eigenvalue weighted by Gasteiger charge is -2.13. The first-order valence-corrected chi connectivity index (χ1v) is 13.1. The monoisotopic (exact) mass is 662 g/mol. The van der Waals surface area contributed by atoms with E-state index in [1.807, 2.05) is 29.5 Å². The van der Waals surface area contributed by atoms with Gasteiger partial charge >= 0.3 is 5.69 Å². The average molecular weight is 662 g/mol. The molecule has 4 rings (SSSR count). The Morgan fingerprint density at radius 1 is 1.05 bits per heavy atom. The summed E-state index contributed by atoms with van der Waals surface area (Å²) in [5, 5.41) is 25.7. The van der Waals surface area contributed by atoms with Crippen molar-refractivity contribution in [3.05, 3.63) is 88.9 Å². The molecule has 14 heteroatoms. The molecule has 1 aliphatic rings. The van der Waals surface area contributed by atoms with E-state index in [2.05, 4.69) is 10.3 Å². The first-order valence-electron chi connectivity index (χ1n) is 11.2. The normalized spacial score (nSPS) is 14.8. The summed E-state index contributed by atoms with van der Waals surface area (Å²) in [6, 6.07) is 13.6. The molecule has 1 N–H and O–H groups in total. The molecule has 0 atom stereocenters. The second-order valence-electron chi connectivity index (χ2n) is 7.71. The SMILES string of the molecule is CCOc1ccc(N=C2NC(=O)/C(=C\c3cc(I)c(Oc4ccc([N+](=O)[O-])cc4[N+](=O)[O-])c(OC)c3)S2)cc1. The number of thioether (sulfide) groups is 1. The van der Waals surface area contributed by atoms with E-state index >= 15 is 0 Å². The lowest BCUT2D eigenvalue weighted by molar-refractivity contribution is -0.394. The first kappa shape index (κ1) is 27.8. The number of carbonyl (C=O) groups is 1. The third-order valence-electron chi connectivity index (χ3n) is 5.14. The van der Waals surface area contributed by atoms with Gasteiger partial charge in [0.2, 0.25) is 5.75 Å². The molecule has 1 heterocycles. The summed E-state index contributed by atoms with van der Waals surface area (Å²) in [4.78, 5) is 38.5. The third-order valence-corrected chi connectivity index (χ3v) is 6.85. The van der Waals surface area contributed by atoms with Crippen LogP contribution in [-0.2, 0) is 4.79 Å². The van der Waals surface area contributed by atoms with Crippen LogP contribution in [0, 0.1) is 23.8 Å². The summed E-state index contributed by atoms with van der Waals surface area (Å²) in [7, 11) is 1.40. The molecule has 12 nitrogen and oxygen atoms in total. The van der Waals surface area contributed by atoms with Gasteiger partial charge in [-0.15, -0.1) is 0 Å². The van der Waals surface area contributed by atoms with Gasteiger partial charge in [-0.3, -0.25) is 25.0 Å². The molecular formula is C25H19IN4O8S. The molecule has 39 heavy (non-hydrogen) atoms. The van der Waals surface area contributed by atoms with Crippen LogP contribution in [0.3, 0.4) is 0 Å². The van der Waals surface area contributed by atoms with E-state index in [0.29, 0.717) is 31.5 Å². The Hall–Kier alpha value is -4.18. The zero-order valence-electron chi connectivity index (χ0n) is 20.4. The zero-order chi connectivity index (χ0) is 28.1. The smallest absolute Gasteiger partial charge is 0.318 e. The minimum absolute atomic E-state index is 0.179. The quantitative estimate of drug-likeness (QED) is 0.122. The Bertz CT molecular complexity index is 1530. The highest BCUT2D eigenvalue weighted by atomic mass is 127. The molecule has 3 aromatic rings. The van der Waals surface area contributed by atoms with Crippen molar-refractivity contribution in [2.75, 3.05) is 13.7 Å². The number of aliphatic imine (C=N–C) groups is 1. The molecule has 1 aliphatic heterocycles. The summed E-state index contributed by atoms with van der Waals surface area (Å²) in [6.07, 6.45) is 1.66. The molecule has 1 amide bonds. The molecule has 1 saturated heterocycles. The molecule has 200 valence electrons. The number of hydrogen-bond acceptors (Lipinski definition) is 10. The molecule has 0 radical (unpaired) electrons. The van der Waals surface area contributed by atoms with Crippen molar-refractivity contribution in [2.45, 2.75) is 6.92 Å². The number of carbonyl (C=O) groups excluding carboxylic acids is 1. The molecule has 0 spiro atoms. The van der Waals surface area contributed by atoms with E-state index in [4.69, 9.17) is 14.2 Å². The highest BCUT2D eigenvalue weighted by molar-refractivity contribution is 14.1. The fourth-order valence-electron chi connectivity index (χ4n) is 3.41. The van der Waals surface area contributed by atoms with Crippen molar-refractivity contribution in [1.82, 2.24) is 5.32 Å². The average Bonchev–Trinajstić information content (AvgIpc) is 3.24. The minimum Gasteiger partial charge on any atom is -0.494 e. The predicted octanol–water partition coefficient (Wildman–Crippen LogP) is 6.20. The Labute approximate surface area is 239 Å². The lowest BCUT2D eigenvalue weighted by atomic mass is 10.2. The number of nitro groups is 2. The molecule has 0 aromatic heterocycles. The minimum atomic E-state index is -0.761. The van der Waals surface area contributed by atoms with Gasteiger partial charge < -0.3 is 19.5 Å². The van der Waals surface area contributed by atoms with Gasteiger partial charge in [0.25, 0.3) is 11.6 Å². The number of benzene rings is 3. The fraction of sp³-hybridized carbons (Fsp3) is 0.120. The summed E-state index contributed by atoms with van der Waals surface area (Å²) < 4.78 is 17.2. The van der Waals surface area contributed by atoms with Crippen molar-refractivity contribution >= 4 is 68.6 Å². The Balaban J connectivity index is 1.59. The first-order chi connectivity index (χ1) is 18.7. The second-order valence-corrected chi connectivity index (χ2v) is 9.90. The number of methoxy groups -OCH3 is 1. The molecule has 0 saturated carbocycles. The van der Waals surface area contributed by atoms with Gasteiger partial charge in [-0.2, -0.15) is 0 Å². The van der Waals surface area contributed by atoms with Gasteiger partial charge in [-0.05, 0) is 95.4 Å². The van der Waals surface area contributed by atoms with Crippen LogP contribution in [0.5, 0.6) is 23.0 Å². The number of amides is 1. The van der Waals surface area contributed by atoms with Crippen molar-refractivity contribution in [1.29, 1.82) is 0 Å². The maximum atomic E-state index is 12.6. The van der Waals surface area contributed by atoms with E-state index in [-0.39, 0.29) is 23.2 Å². The third kappa shape index (κ3) is 6.64. The van der Waals surface area contributed by atoms with Crippen LogP contribution in [0.15, 0.2) is 64.5 Å². The highest BCUT2D eigenvalue weighted by Gasteiger charge is 2.26. The topological polar surface area (TPSA) is 155 Å². The van der Waals surface area contributed by atoms with Crippen LogP contribution in [0.2, 0.25) is 0 Å². The summed E-state index contributed by atoms with van der Waals surface area (Å²) in [5.41, 5.74) is 0.268. The van der Waals surface area contributed by atoms with Crippen molar-refractivity contribution in [3.63, 3.8) is 0 Å². The zero-order valence-corrected chi connectivity index (χ0v) is 23.3. The van der Waals surface area contributed by atoms with Gasteiger partial charge in [0, 0.05) is 6.07 Å². The standard InChI is InChI=1S/C25H19IN4O8S/c1-3-37-17-7-4-15(5-8-17)27-25-28-24(31)22(39-25)12-14-10-18(26)23(21(11-14)36-2)38-20-9-6-16(29(32)33)13-19(20)30(34)35/h4-13H,3H2,1-2H3,(H,27,28,31)/b22-12+. The number of halogens is 1. The van der Waals surface area contributed by atoms with Crippen LogP contribution < -0.4 is 19.5 Å². The Morgan fingerprint density at radius 3 is 2.44 bits per heavy atom. The largest absolute Gasteiger partial charge is 0.494 e. The summed E-state index contributed by atoms with van der Waals surface area (Å²) >= 11 is 3.15. The van der Waals surface area contributed by atoms with Gasteiger partial charge in [-0.1, -0.05) is 0 Å². The number of nitrogens with zero attached hydrogens (tertiary/aromatic N) is 3. The van der Waals surface area contributed by atoms with Gasteiger partial charge in [-0.25, -0.2) is 4.99 Å². The van der Waals surface area contributed by atoms with E-state index in [9.17, 15) is 25.0 Å². The number of amidine groups is 1. The van der Waals surface area contributed by atoms with Crippen LogP contribution in [0.25, 0.3) is 6.08 Å². The van der Waals surface area contributed by atoms with Crippen LogP contribution in [-0.4, -0.2) is 34.6 Å². The Morgan fingerprint density at radius 2 is 1.79 bits per heavy atom. The molecular weight excluding hydrogens is 643 g/mol. The number of nitrogens with one attached hydrogen (secondary N) is 1. The second kappa shape index (κ2) is 12.1. The van der Waals surface area contributed by atoms with Gasteiger partial charge in [0.05, 0.1) is 43.8 Å². The molecule has 0 unspecified atom stereocenters. The van der Waals surface area contributed by atoms with Crippen molar-refractivity contribution < 1.29 is 28.9 Å². The maximum Gasteiger partial charge on any atom is 0.318 e. The fourth-order valence-corrected chi connectivity index (χ4v) is 4.99. The van der Waals surface area contributed by atoms with Crippen molar-refractivity contribution in [3.8, 4) is 23.0 Å². The number of nitro benzene ring substituents is 2. The van der Waals surface area contributed by atoms with Gasteiger partial charge in [0.1, 0.15) is 5.75 Å². The van der Waals surface area contributed by atoms with E-state index < -0.39 is 21.2 Å². The van der Waals surface area contributed by atoms with Gasteiger partial charge in [0.15, 0.2) is 16.7 Å². The Kier molecular flexibility index (Phi) is 8.65. The summed E-state index contributed by atoms with van der Waals surface area (Å²) in [6.45, 7) is 2.46. The number of hydrogen-bond donors (Lipinski definition) is 1. The van der Waals surface area contributed by atoms with Crippen LogP contribution >= 0.6 is 34.4 Å². The van der Waals surface area contributed by atoms with Crippen LogP contribution in [0.4, 0.5) is 17.1 Å². The predicted molar refractivity (Wildman–Crippen MR) is 154 cm³/mol. The molecule has 0 bridgehead atoms. The molecule has 3 aromatic carbocycles. The maximum absolute atomic E-state index is 12.6. The molecule has 0 aliphatic carbocycles. The van der Waals surface area contributed by atoms with E-state index in [1.165, 1.54) is 18.9 Å². The van der Waals surface area contributed by atoms with Crippen LogP contribution in [0.1, 0.15) is 12.5 Å². The van der Waals surface area contributed by atoms with E-state index in [0.717, 1.165) is 23.9 Å². The number of ether oxygens (including phenoxy) is 3. The number of rotatable bonds is 9. The lowest BCUT2D eigenvalue weighted by Crippen LogP contribution is -2.19. The highest BCUT2D eigenvalue weighted by Crippen LogP contribution is 2.42. The van der Waals surface area contributed by atoms with E-state index in [1.54, 1.807) is 42.5 Å². The van der Waals surface area contributed by atoms with Crippen molar-refractivity contribution in [2.24, 2.45) is 4.99 Å². The number of non-ortho nitro benzene ring substituents is 1.